The van der Waals surface area contributed by atoms with Crippen LogP contribution >= 0.6 is 0 Å². The number of esters is 1. The first-order valence-electron chi connectivity index (χ1n) is 11.0. The fourth-order valence-corrected chi connectivity index (χ4v) is 4.07. The van der Waals surface area contributed by atoms with E-state index in [0.29, 0.717) is 19.4 Å². The van der Waals surface area contributed by atoms with Gasteiger partial charge in [0, 0.05) is 25.9 Å². The Balaban J connectivity index is 1.91. The zero-order valence-corrected chi connectivity index (χ0v) is 18.6. The molecule has 3 atom stereocenters. The van der Waals surface area contributed by atoms with Gasteiger partial charge in [-0.25, -0.2) is 4.79 Å². The molecule has 1 aliphatic heterocycles. The number of hydrogen-bond donors (Lipinski definition) is 1. The third-order valence-electron chi connectivity index (χ3n) is 5.68. The van der Waals surface area contributed by atoms with E-state index in [-0.39, 0.29) is 25.0 Å². The number of nitrogens with zero attached hydrogens (tertiary/aromatic N) is 2. The Bertz CT molecular complexity index is 917. The quantitative estimate of drug-likeness (QED) is 0.636. The van der Waals surface area contributed by atoms with Crippen LogP contribution in [0, 0.1) is 0 Å². The smallest absolute Gasteiger partial charge is 0.329 e. The maximum Gasteiger partial charge on any atom is 0.329 e. The molecule has 3 rings (SSSR count). The molecule has 2 aromatic rings. The molecule has 0 spiro atoms. The van der Waals surface area contributed by atoms with E-state index >= 15 is 0 Å². The average molecular weight is 438 g/mol. The zero-order valence-electron chi connectivity index (χ0n) is 18.6. The number of carbonyl (C=O) groups excluding carboxylic acids is 3. The summed E-state index contributed by atoms with van der Waals surface area (Å²) in [5, 5.41) is 0. The van der Waals surface area contributed by atoms with E-state index in [4.69, 9.17) is 10.5 Å². The summed E-state index contributed by atoms with van der Waals surface area (Å²) in [5.74, 6) is -0.965. The van der Waals surface area contributed by atoms with Crippen molar-refractivity contribution in [3.05, 3.63) is 71.8 Å². The maximum absolute atomic E-state index is 13.7. The van der Waals surface area contributed by atoms with Crippen LogP contribution in [-0.2, 0) is 32.0 Å². The van der Waals surface area contributed by atoms with E-state index in [1.807, 2.05) is 60.7 Å². The number of ether oxygens (including phenoxy) is 1. The molecule has 0 unspecified atom stereocenters. The fraction of sp³-hybridized carbons (Fsp3) is 0.400. The first kappa shape index (κ1) is 23.5. The Hall–Kier alpha value is -3.19. The van der Waals surface area contributed by atoms with Crippen molar-refractivity contribution < 1.29 is 19.1 Å². The van der Waals surface area contributed by atoms with Gasteiger partial charge in [-0.1, -0.05) is 60.7 Å². The molecule has 7 heteroatoms. The molecule has 0 saturated carbocycles. The van der Waals surface area contributed by atoms with Crippen LogP contribution in [0.15, 0.2) is 60.7 Å². The maximum atomic E-state index is 13.7. The van der Waals surface area contributed by atoms with Gasteiger partial charge in [0.25, 0.3) is 0 Å². The Labute approximate surface area is 189 Å². The number of rotatable bonds is 8. The normalized spacial score (nSPS) is 18.2. The minimum atomic E-state index is -0.754. The van der Waals surface area contributed by atoms with E-state index < -0.39 is 24.1 Å². The molecular formula is C25H31N3O4. The molecule has 7 nitrogen and oxygen atoms in total. The van der Waals surface area contributed by atoms with Gasteiger partial charge in [0.15, 0.2) is 0 Å². The molecule has 2 N–H and O–H groups in total. The van der Waals surface area contributed by atoms with Crippen LogP contribution in [0.4, 0.5) is 0 Å². The zero-order chi connectivity index (χ0) is 23.1. The highest BCUT2D eigenvalue weighted by molar-refractivity contribution is 5.93. The fourth-order valence-electron chi connectivity index (χ4n) is 4.07. The number of amides is 2. The summed E-state index contributed by atoms with van der Waals surface area (Å²) in [6.07, 6.45) is 0.709. The van der Waals surface area contributed by atoms with Crippen molar-refractivity contribution in [2.45, 2.75) is 44.8 Å². The van der Waals surface area contributed by atoms with Gasteiger partial charge in [0.2, 0.25) is 11.8 Å². The lowest BCUT2D eigenvalue weighted by atomic mass is 9.97. The molecular weight excluding hydrogens is 406 g/mol. The number of benzene rings is 2. The summed E-state index contributed by atoms with van der Waals surface area (Å²) in [6, 6.07) is 16.9. The van der Waals surface area contributed by atoms with Crippen molar-refractivity contribution in [3.8, 4) is 0 Å². The van der Waals surface area contributed by atoms with Gasteiger partial charge in [0.1, 0.15) is 12.1 Å². The minimum absolute atomic E-state index is 0.231. The van der Waals surface area contributed by atoms with Gasteiger partial charge < -0.3 is 20.3 Å². The second-order valence-electron chi connectivity index (χ2n) is 8.02. The Kier molecular flexibility index (Phi) is 8.00. The largest absolute Gasteiger partial charge is 0.464 e. The molecule has 1 fully saturated rings. The predicted octanol–water partition coefficient (Wildman–Crippen LogP) is 1.79. The van der Waals surface area contributed by atoms with Crippen molar-refractivity contribution in [2.24, 2.45) is 5.73 Å². The molecule has 0 bridgehead atoms. The van der Waals surface area contributed by atoms with Crippen molar-refractivity contribution in [2.75, 3.05) is 19.7 Å². The van der Waals surface area contributed by atoms with Gasteiger partial charge >= 0.3 is 5.97 Å². The van der Waals surface area contributed by atoms with E-state index in [0.717, 1.165) is 11.1 Å². The highest BCUT2D eigenvalue weighted by Gasteiger charge is 2.42. The number of piperazine rings is 1. The molecule has 32 heavy (non-hydrogen) atoms. The molecule has 1 aliphatic rings. The summed E-state index contributed by atoms with van der Waals surface area (Å²) in [5.41, 5.74) is 7.74. The summed E-state index contributed by atoms with van der Waals surface area (Å²) in [7, 11) is 0. The van der Waals surface area contributed by atoms with Gasteiger partial charge in [-0.05, 0) is 25.0 Å². The molecule has 2 aromatic carbocycles. The monoisotopic (exact) mass is 437 g/mol. The molecule has 1 heterocycles. The second kappa shape index (κ2) is 10.9. The number of hydrogen-bond acceptors (Lipinski definition) is 5. The van der Waals surface area contributed by atoms with Crippen LogP contribution in [-0.4, -0.2) is 65.4 Å². The summed E-state index contributed by atoms with van der Waals surface area (Å²) < 4.78 is 5.31. The lowest BCUT2D eigenvalue weighted by Crippen LogP contribution is -2.64. The summed E-state index contributed by atoms with van der Waals surface area (Å²) in [6.45, 7) is 4.16. The summed E-state index contributed by atoms with van der Waals surface area (Å²) in [4.78, 5) is 42.5. The minimum Gasteiger partial charge on any atom is -0.464 e. The third kappa shape index (κ3) is 5.53. The van der Waals surface area contributed by atoms with Crippen LogP contribution < -0.4 is 5.73 Å². The second-order valence-corrected chi connectivity index (χ2v) is 8.02. The third-order valence-corrected chi connectivity index (χ3v) is 5.68. The Morgan fingerprint density at radius 1 is 1.03 bits per heavy atom. The molecule has 0 aromatic heterocycles. The van der Waals surface area contributed by atoms with E-state index in [9.17, 15) is 14.4 Å². The van der Waals surface area contributed by atoms with Gasteiger partial charge in [-0.2, -0.15) is 0 Å². The molecule has 0 radical (unpaired) electrons. The van der Waals surface area contributed by atoms with E-state index in [1.165, 1.54) is 0 Å². The average Bonchev–Trinajstić information content (AvgIpc) is 2.80. The van der Waals surface area contributed by atoms with Crippen molar-refractivity contribution in [1.82, 2.24) is 9.80 Å². The van der Waals surface area contributed by atoms with Crippen LogP contribution in [0.25, 0.3) is 0 Å². The first-order valence-corrected chi connectivity index (χ1v) is 11.0. The lowest BCUT2D eigenvalue weighted by molar-refractivity contribution is -0.162. The van der Waals surface area contributed by atoms with Gasteiger partial charge in [0.05, 0.1) is 12.6 Å². The van der Waals surface area contributed by atoms with Crippen LogP contribution in [0.5, 0.6) is 0 Å². The van der Waals surface area contributed by atoms with Crippen LogP contribution in [0.1, 0.15) is 25.0 Å². The highest BCUT2D eigenvalue weighted by Crippen LogP contribution is 2.22. The number of nitrogens with two attached hydrogens (primary N) is 1. The van der Waals surface area contributed by atoms with Crippen molar-refractivity contribution >= 4 is 17.8 Å². The predicted molar refractivity (Wildman–Crippen MR) is 122 cm³/mol. The Morgan fingerprint density at radius 3 is 2.19 bits per heavy atom. The number of carbonyl (C=O) groups is 3. The Morgan fingerprint density at radius 2 is 1.62 bits per heavy atom. The van der Waals surface area contributed by atoms with E-state index in [2.05, 4.69) is 0 Å². The van der Waals surface area contributed by atoms with Crippen LogP contribution in [0.2, 0.25) is 0 Å². The molecule has 170 valence electrons. The van der Waals surface area contributed by atoms with Gasteiger partial charge in [-0.3, -0.25) is 9.59 Å². The molecule has 2 amide bonds. The molecule has 1 saturated heterocycles. The lowest BCUT2D eigenvalue weighted by Gasteiger charge is -2.43. The SMILES string of the molecule is CCOC(=O)[C@@H](Cc1ccccc1)N1CCN(C(=O)[C@@H](C)N)[C@H](Cc2ccccc2)C1=O. The summed E-state index contributed by atoms with van der Waals surface area (Å²) >= 11 is 0. The first-order chi connectivity index (χ1) is 15.4. The topological polar surface area (TPSA) is 92.9 Å². The van der Waals surface area contributed by atoms with Gasteiger partial charge in [-0.15, -0.1) is 0 Å². The molecule has 0 aliphatic carbocycles. The highest BCUT2D eigenvalue weighted by atomic mass is 16.5. The van der Waals surface area contributed by atoms with Crippen LogP contribution in [0.3, 0.4) is 0 Å². The van der Waals surface area contributed by atoms with Crippen molar-refractivity contribution in [3.63, 3.8) is 0 Å². The van der Waals surface area contributed by atoms with Crippen molar-refractivity contribution in [1.29, 1.82) is 0 Å². The van der Waals surface area contributed by atoms with E-state index in [1.54, 1.807) is 23.6 Å². The standard InChI is InChI=1S/C25H31N3O4/c1-3-32-25(31)22(17-20-12-8-5-9-13-20)28-15-14-27(23(29)18(2)26)21(24(28)30)16-19-10-6-4-7-11-19/h4-13,18,21-22H,3,14-17,26H2,1-2H3/t18-,21-,22-/m1/s1.